The molecule has 1 saturated heterocycles. The molecule has 3 aromatic rings. The molecule has 1 aliphatic heterocycles. The van der Waals surface area contributed by atoms with Crippen LogP contribution in [0.1, 0.15) is 19.3 Å². The molecule has 0 saturated carbocycles. The molecule has 30 heavy (non-hydrogen) atoms. The van der Waals surface area contributed by atoms with E-state index < -0.39 is 0 Å². The lowest BCUT2D eigenvalue weighted by molar-refractivity contribution is 0.355. The predicted octanol–water partition coefficient (Wildman–Crippen LogP) is 4.37. The molecule has 4 rings (SSSR count). The van der Waals surface area contributed by atoms with E-state index in [9.17, 15) is 0 Å². The largest absolute Gasteiger partial charge is 0.493 e. The van der Waals surface area contributed by atoms with Gasteiger partial charge in [0.2, 0.25) is 11.9 Å². The highest BCUT2D eigenvalue weighted by Gasteiger charge is 2.11. The number of rotatable bonds is 7. The summed E-state index contributed by atoms with van der Waals surface area (Å²) in [5, 5.41) is 6.40. The maximum atomic E-state index is 5.34. The van der Waals surface area contributed by atoms with Crippen molar-refractivity contribution in [3.8, 4) is 11.5 Å². The summed E-state index contributed by atoms with van der Waals surface area (Å²) < 4.78 is 10.6. The van der Waals surface area contributed by atoms with Gasteiger partial charge in [-0.05, 0) is 55.7 Å². The Hall–Kier alpha value is -3.55. The van der Waals surface area contributed by atoms with Gasteiger partial charge in [0.05, 0.1) is 14.2 Å². The highest BCUT2D eigenvalue weighted by molar-refractivity contribution is 5.62. The van der Waals surface area contributed by atoms with Gasteiger partial charge in [-0.15, -0.1) is 0 Å². The van der Waals surface area contributed by atoms with E-state index in [1.165, 1.54) is 31.3 Å². The van der Waals surface area contributed by atoms with Gasteiger partial charge in [-0.25, -0.2) is 9.97 Å². The molecule has 0 spiro atoms. The molecule has 2 heterocycles. The Morgan fingerprint density at radius 3 is 2.07 bits per heavy atom. The average molecular weight is 406 g/mol. The van der Waals surface area contributed by atoms with E-state index in [1.807, 2.05) is 18.2 Å². The molecule has 8 heteroatoms. The zero-order valence-corrected chi connectivity index (χ0v) is 17.3. The minimum atomic E-state index is 0.435. The topological polar surface area (TPSA) is 84.4 Å². The molecule has 0 bridgehead atoms. The zero-order chi connectivity index (χ0) is 20.8. The van der Waals surface area contributed by atoms with Gasteiger partial charge >= 0.3 is 0 Å². The van der Waals surface area contributed by atoms with Crippen LogP contribution in [0.4, 0.5) is 29.0 Å². The van der Waals surface area contributed by atoms with Crippen LogP contribution in [-0.2, 0) is 0 Å². The first-order valence-electron chi connectivity index (χ1n) is 10.1. The number of piperidine rings is 1. The van der Waals surface area contributed by atoms with E-state index in [0.717, 1.165) is 24.5 Å². The van der Waals surface area contributed by atoms with E-state index >= 15 is 0 Å². The monoisotopic (exact) mass is 406 g/mol. The van der Waals surface area contributed by atoms with Crippen molar-refractivity contribution in [1.82, 2.24) is 15.0 Å². The minimum absolute atomic E-state index is 0.435. The Morgan fingerprint density at radius 2 is 1.40 bits per heavy atom. The molecule has 0 aliphatic carbocycles. The molecule has 1 fully saturated rings. The maximum absolute atomic E-state index is 5.34. The summed E-state index contributed by atoms with van der Waals surface area (Å²) in [5.74, 6) is 2.20. The number of hydrogen-bond donors (Lipinski definition) is 2. The van der Waals surface area contributed by atoms with Gasteiger partial charge < -0.3 is 25.0 Å². The van der Waals surface area contributed by atoms with Crippen LogP contribution < -0.4 is 25.0 Å². The number of aromatic nitrogens is 3. The van der Waals surface area contributed by atoms with Crippen LogP contribution >= 0.6 is 0 Å². The normalized spacial score (nSPS) is 13.6. The summed E-state index contributed by atoms with van der Waals surface area (Å²) in [6.07, 6.45) is 5.33. The molecule has 0 unspecified atom stereocenters. The smallest absolute Gasteiger partial charge is 0.232 e. The van der Waals surface area contributed by atoms with Gasteiger partial charge in [0.25, 0.3) is 0 Å². The van der Waals surface area contributed by atoms with Crippen molar-refractivity contribution in [3.63, 3.8) is 0 Å². The fourth-order valence-electron chi connectivity index (χ4n) is 3.50. The molecular weight excluding hydrogens is 380 g/mol. The maximum Gasteiger partial charge on any atom is 0.232 e. The number of nitrogens with zero attached hydrogens (tertiary/aromatic N) is 4. The van der Waals surface area contributed by atoms with Gasteiger partial charge in [-0.2, -0.15) is 4.98 Å². The van der Waals surface area contributed by atoms with Crippen molar-refractivity contribution < 1.29 is 9.47 Å². The number of ether oxygens (including phenoxy) is 2. The average Bonchev–Trinajstić information content (AvgIpc) is 2.80. The number of benzene rings is 2. The third kappa shape index (κ3) is 4.71. The second-order valence-corrected chi connectivity index (χ2v) is 7.05. The van der Waals surface area contributed by atoms with Crippen LogP contribution in [0, 0.1) is 0 Å². The van der Waals surface area contributed by atoms with Crippen molar-refractivity contribution in [2.75, 3.05) is 42.8 Å². The molecule has 2 aromatic carbocycles. The Labute approximate surface area is 176 Å². The van der Waals surface area contributed by atoms with E-state index in [2.05, 4.69) is 54.8 Å². The van der Waals surface area contributed by atoms with E-state index in [-0.39, 0.29) is 0 Å². The molecule has 1 aromatic heterocycles. The quantitative estimate of drug-likeness (QED) is 0.598. The second kappa shape index (κ2) is 9.30. The summed E-state index contributed by atoms with van der Waals surface area (Å²) in [7, 11) is 3.21. The highest BCUT2D eigenvalue weighted by atomic mass is 16.5. The summed E-state index contributed by atoms with van der Waals surface area (Å²) >= 11 is 0. The van der Waals surface area contributed by atoms with Crippen LogP contribution in [0.15, 0.2) is 48.8 Å². The Bertz CT molecular complexity index is 974. The van der Waals surface area contributed by atoms with Crippen LogP contribution in [-0.4, -0.2) is 42.3 Å². The SMILES string of the molecule is COc1ccc(Nc2ncnc(Nc3ccc(N4CCCCC4)cc3)n2)cc1OC. The summed E-state index contributed by atoms with van der Waals surface area (Å²) in [6, 6.07) is 13.9. The van der Waals surface area contributed by atoms with Gasteiger partial charge in [0, 0.05) is 36.2 Å². The molecule has 0 amide bonds. The van der Waals surface area contributed by atoms with Gasteiger partial charge in [-0.3, -0.25) is 0 Å². The molecular formula is C22H26N6O2. The van der Waals surface area contributed by atoms with Crippen molar-refractivity contribution >= 4 is 29.0 Å². The lowest BCUT2D eigenvalue weighted by Gasteiger charge is -2.28. The van der Waals surface area contributed by atoms with Crippen molar-refractivity contribution in [3.05, 3.63) is 48.8 Å². The summed E-state index contributed by atoms with van der Waals surface area (Å²) in [4.78, 5) is 15.3. The molecule has 8 nitrogen and oxygen atoms in total. The Morgan fingerprint density at radius 1 is 0.767 bits per heavy atom. The van der Waals surface area contributed by atoms with Gasteiger partial charge in [-0.1, -0.05) is 0 Å². The molecule has 1 aliphatic rings. The van der Waals surface area contributed by atoms with Crippen LogP contribution in [0.25, 0.3) is 0 Å². The number of hydrogen-bond acceptors (Lipinski definition) is 8. The predicted molar refractivity (Wildman–Crippen MR) is 118 cm³/mol. The molecule has 2 N–H and O–H groups in total. The van der Waals surface area contributed by atoms with Crippen LogP contribution in [0.3, 0.4) is 0 Å². The minimum Gasteiger partial charge on any atom is -0.493 e. The van der Waals surface area contributed by atoms with Crippen LogP contribution in [0.2, 0.25) is 0 Å². The zero-order valence-electron chi connectivity index (χ0n) is 17.3. The van der Waals surface area contributed by atoms with Crippen LogP contribution in [0.5, 0.6) is 11.5 Å². The third-order valence-electron chi connectivity index (χ3n) is 5.06. The van der Waals surface area contributed by atoms with Crippen molar-refractivity contribution in [2.24, 2.45) is 0 Å². The highest BCUT2D eigenvalue weighted by Crippen LogP contribution is 2.30. The standard InChI is InChI=1S/C22H26N6O2/c1-29-19-11-8-17(14-20(19)30-2)26-22-24-15-23-21(27-22)25-16-6-9-18(10-7-16)28-12-4-3-5-13-28/h6-11,14-15H,3-5,12-13H2,1-2H3,(H2,23,24,25,26,27). The third-order valence-corrected chi connectivity index (χ3v) is 5.06. The first-order chi connectivity index (χ1) is 14.7. The summed E-state index contributed by atoms with van der Waals surface area (Å²) in [5.41, 5.74) is 2.97. The number of methoxy groups -OCH3 is 2. The fraction of sp³-hybridized carbons (Fsp3) is 0.318. The first-order valence-corrected chi connectivity index (χ1v) is 10.1. The van der Waals surface area contributed by atoms with Crippen molar-refractivity contribution in [2.45, 2.75) is 19.3 Å². The van der Waals surface area contributed by atoms with Gasteiger partial charge in [0.1, 0.15) is 6.33 Å². The Kier molecular flexibility index (Phi) is 6.12. The first kappa shape index (κ1) is 19.8. The number of anilines is 5. The van der Waals surface area contributed by atoms with E-state index in [1.54, 1.807) is 14.2 Å². The lowest BCUT2D eigenvalue weighted by atomic mass is 10.1. The molecule has 0 atom stereocenters. The molecule has 0 radical (unpaired) electrons. The Balaban J connectivity index is 1.43. The van der Waals surface area contributed by atoms with Crippen molar-refractivity contribution in [1.29, 1.82) is 0 Å². The van der Waals surface area contributed by atoms with E-state index in [0.29, 0.717) is 23.4 Å². The number of nitrogens with one attached hydrogen (secondary N) is 2. The second-order valence-electron chi connectivity index (χ2n) is 7.05. The van der Waals surface area contributed by atoms with E-state index in [4.69, 9.17) is 9.47 Å². The fourth-order valence-corrected chi connectivity index (χ4v) is 3.50. The molecule has 156 valence electrons. The summed E-state index contributed by atoms with van der Waals surface area (Å²) in [6.45, 7) is 2.26. The lowest BCUT2D eigenvalue weighted by Crippen LogP contribution is -2.29. The van der Waals surface area contributed by atoms with Gasteiger partial charge in [0.15, 0.2) is 11.5 Å².